The predicted molar refractivity (Wildman–Crippen MR) is 79.6 cm³/mol. The lowest BCUT2D eigenvalue weighted by atomic mass is 9.75. The van der Waals surface area contributed by atoms with Crippen LogP contribution in [0.3, 0.4) is 0 Å². The zero-order chi connectivity index (χ0) is 13.5. The van der Waals surface area contributed by atoms with Gasteiger partial charge in [-0.25, -0.2) is 9.97 Å². The van der Waals surface area contributed by atoms with Crippen LogP contribution < -0.4 is 10.2 Å². The second-order valence-electron chi connectivity index (χ2n) is 6.66. The number of nitrogens with zero attached hydrogens (tertiary/aromatic N) is 3. The van der Waals surface area contributed by atoms with Crippen LogP contribution in [0.5, 0.6) is 0 Å². The second kappa shape index (κ2) is 4.99. The van der Waals surface area contributed by atoms with Crippen LogP contribution in [0.25, 0.3) is 0 Å². The molecule has 0 spiro atoms. The van der Waals surface area contributed by atoms with Crippen molar-refractivity contribution < 1.29 is 0 Å². The van der Waals surface area contributed by atoms with Crippen molar-refractivity contribution in [2.75, 3.05) is 18.0 Å². The molecule has 1 saturated carbocycles. The smallest absolute Gasteiger partial charge is 0.137 e. The van der Waals surface area contributed by atoms with Crippen LogP contribution in [-0.2, 0) is 13.1 Å². The third-order valence-electron chi connectivity index (χ3n) is 5.37. The van der Waals surface area contributed by atoms with Gasteiger partial charge in [-0.3, -0.25) is 0 Å². The van der Waals surface area contributed by atoms with E-state index in [-0.39, 0.29) is 0 Å². The maximum absolute atomic E-state index is 4.78. The molecular formula is C16H24N4. The summed E-state index contributed by atoms with van der Waals surface area (Å²) in [5, 5.41) is 3.42. The Hall–Kier alpha value is -1.16. The summed E-state index contributed by atoms with van der Waals surface area (Å²) < 4.78 is 0. The molecule has 1 aromatic heterocycles. The van der Waals surface area contributed by atoms with E-state index in [0.29, 0.717) is 0 Å². The number of aromatic nitrogens is 2. The highest BCUT2D eigenvalue weighted by molar-refractivity contribution is 5.51. The Morgan fingerprint density at radius 3 is 2.80 bits per heavy atom. The number of anilines is 1. The van der Waals surface area contributed by atoms with Gasteiger partial charge in [0, 0.05) is 31.7 Å². The number of hydrogen-bond donors (Lipinski definition) is 1. The van der Waals surface area contributed by atoms with Gasteiger partial charge < -0.3 is 10.2 Å². The first kappa shape index (κ1) is 12.6. The van der Waals surface area contributed by atoms with Gasteiger partial charge in [0.25, 0.3) is 0 Å². The van der Waals surface area contributed by atoms with E-state index in [9.17, 15) is 0 Å². The van der Waals surface area contributed by atoms with Gasteiger partial charge in [0.05, 0.1) is 5.69 Å². The maximum Gasteiger partial charge on any atom is 0.137 e. The van der Waals surface area contributed by atoms with Crippen LogP contribution in [-0.4, -0.2) is 23.1 Å². The van der Waals surface area contributed by atoms with Crippen LogP contribution in [0.1, 0.15) is 49.2 Å². The van der Waals surface area contributed by atoms with Gasteiger partial charge >= 0.3 is 0 Å². The van der Waals surface area contributed by atoms with Crippen molar-refractivity contribution in [3.05, 3.63) is 17.1 Å². The lowest BCUT2D eigenvalue weighted by molar-refractivity contribution is 0.202. The van der Waals surface area contributed by atoms with Crippen LogP contribution in [0.15, 0.2) is 0 Å². The monoisotopic (exact) mass is 272 g/mol. The van der Waals surface area contributed by atoms with Crippen molar-refractivity contribution in [2.24, 2.45) is 11.8 Å². The first-order valence-electron chi connectivity index (χ1n) is 8.13. The molecule has 0 unspecified atom stereocenters. The van der Waals surface area contributed by atoms with Crippen LogP contribution in [0, 0.1) is 18.8 Å². The molecule has 2 fully saturated rings. The summed E-state index contributed by atoms with van der Waals surface area (Å²) in [5.41, 5.74) is 2.57. The molecular weight excluding hydrogens is 248 g/mol. The van der Waals surface area contributed by atoms with Gasteiger partial charge in [-0.15, -0.1) is 0 Å². The molecule has 3 heterocycles. The lowest BCUT2D eigenvalue weighted by Gasteiger charge is -2.42. The molecule has 2 atom stereocenters. The zero-order valence-corrected chi connectivity index (χ0v) is 12.4. The molecule has 3 aliphatic rings. The van der Waals surface area contributed by atoms with Gasteiger partial charge in [0.15, 0.2) is 0 Å². The van der Waals surface area contributed by atoms with Crippen molar-refractivity contribution in [3.63, 3.8) is 0 Å². The summed E-state index contributed by atoms with van der Waals surface area (Å²) in [6.45, 7) is 6.27. The van der Waals surface area contributed by atoms with Crippen LogP contribution in [0.2, 0.25) is 0 Å². The first-order chi connectivity index (χ1) is 9.81. The van der Waals surface area contributed by atoms with Crippen molar-refractivity contribution in [3.8, 4) is 0 Å². The largest absolute Gasteiger partial charge is 0.356 e. The normalized spacial score (nSPS) is 29.1. The van der Waals surface area contributed by atoms with E-state index in [1.807, 2.05) is 6.92 Å². The SMILES string of the molecule is Cc1nc2c(c(N3CC[C@@H]4CCCC[C@@H]4C3)n1)CNC2. The third-order valence-corrected chi connectivity index (χ3v) is 5.37. The fourth-order valence-electron chi connectivity index (χ4n) is 4.33. The molecule has 1 aliphatic carbocycles. The highest BCUT2D eigenvalue weighted by Crippen LogP contribution is 2.38. The Morgan fingerprint density at radius 1 is 1.05 bits per heavy atom. The number of aryl methyl sites for hydroxylation is 1. The summed E-state index contributed by atoms with van der Waals surface area (Å²) >= 11 is 0. The topological polar surface area (TPSA) is 41.1 Å². The quantitative estimate of drug-likeness (QED) is 0.852. The molecule has 4 rings (SSSR count). The van der Waals surface area contributed by atoms with Gasteiger partial charge in [0.2, 0.25) is 0 Å². The summed E-state index contributed by atoms with van der Waals surface area (Å²) in [7, 11) is 0. The van der Waals surface area contributed by atoms with Crippen molar-refractivity contribution >= 4 is 5.82 Å². The fraction of sp³-hybridized carbons (Fsp3) is 0.750. The minimum atomic E-state index is 0.901. The van der Waals surface area contributed by atoms with E-state index >= 15 is 0 Å². The van der Waals surface area contributed by atoms with Gasteiger partial charge in [-0.05, 0) is 31.6 Å². The molecule has 1 aromatic rings. The average molecular weight is 272 g/mol. The Balaban J connectivity index is 1.62. The molecule has 4 nitrogen and oxygen atoms in total. The molecule has 20 heavy (non-hydrogen) atoms. The van der Waals surface area contributed by atoms with E-state index in [1.54, 1.807) is 0 Å². The molecule has 0 radical (unpaired) electrons. The van der Waals surface area contributed by atoms with E-state index in [0.717, 1.165) is 30.7 Å². The number of nitrogens with one attached hydrogen (secondary N) is 1. The van der Waals surface area contributed by atoms with Crippen LogP contribution in [0.4, 0.5) is 5.82 Å². The molecule has 0 aromatic carbocycles. The van der Waals surface area contributed by atoms with E-state index in [4.69, 9.17) is 4.98 Å². The Labute approximate surface area is 121 Å². The van der Waals surface area contributed by atoms with E-state index in [2.05, 4.69) is 15.2 Å². The molecule has 0 amide bonds. The van der Waals surface area contributed by atoms with E-state index in [1.165, 1.54) is 62.3 Å². The number of piperidine rings is 1. The second-order valence-corrected chi connectivity index (χ2v) is 6.66. The van der Waals surface area contributed by atoms with Crippen molar-refractivity contribution in [2.45, 2.75) is 52.1 Å². The Kier molecular flexibility index (Phi) is 3.14. The Bertz CT molecular complexity index is 513. The maximum atomic E-state index is 4.78. The minimum Gasteiger partial charge on any atom is -0.356 e. The first-order valence-corrected chi connectivity index (χ1v) is 8.13. The number of rotatable bonds is 1. The lowest BCUT2D eigenvalue weighted by Crippen LogP contribution is -2.42. The average Bonchev–Trinajstić information content (AvgIpc) is 2.94. The van der Waals surface area contributed by atoms with Crippen molar-refractivity contribution in [1.82, 2.24) is 15.3 Å². The highest BCUT2D eigenvalue weighted by Gasteiger charge is 2.33. The molecule has 2 aliphatic heterocycles. The minimum absolute atomic E-state index is 0.901. The molecule has 4 heteroatoms. The van der Waals surface area contributed by atoms with E-state index < -0.39 is 0 Å². The predicted octanol–water partition coefficient (Wildman–Crippen LogP) is 2.40. The third kappa shape index (κ3) is 2.10. The highest BCUT2D eigenvalue weighted by atomic mass is 15.2. The summed E-state index contributed by atoms with van der Waals surface area (Å²) in [6, 6.07) is 0. The zero-order valence-electron chi connectivity index (χ0n) is 12.4. The fourth-order valence-corrected chi connectivity index (χ4v) is 4.33. The van der Waals surface area contributed by atoms with Gasteiger partial charge in [0.1, 0.15) is 11.6 Å². The summed E-state index contributed by atoms with van der Waals surface area (Å²) in [6.07, 6.45) is 7.12. The molecule has 108 valence electrons. The summed E-state index contributed by atoms with van der Waals surface area (Å²) in [4.78, 5) is 11.9. The standard InChI is InChI=1S/C16H24N4/c1-11-18-15-9-17-8-14(15)16(19-11)20-7-6-12-4-2-3-5-13(12)10-20/h12-13,17H,2-10H2,1H3/t12-,13+/m0/s1. The summed E-state index contributed by atoms with van der Waals surface area (Å²) in [5.74, 6) is 4.03. The molecule has 0 bridgehead atoms. The molecule has 1 N–H and O–H groups in total. The van der Waals surface area contributed by atoms with Crippen LogP contribution >= 0.6 is 0 Å². The van der Waals surface area contributed by atoms with Gasteiger partial charge in [-0.2, -0.15) is 0 Å². The van der Waals surface area contributed by atoms with Gasteiger partial charge in [-0.1, -0.05) is 19.3 Å². The Morgan fingerprint density at radius 2 is 1.90 bits per heavy atom. The van der Waals surface area contributed by atoms with Crippen molar-refractivity contribution in [1.29, 1.82) is 0 Å². The number of fused-ring (bicyclic) bond motifs is 2. The number of hydrogen-bond acceptors (Lipinski definition) is 4. The molecule has 1 saturated heterocycles.